The van der Waals surface area contributed by atoms with Crippen LogP contribution in [0.15, 0.2) is 12.4 Å². The zero-order valence-electron chi connectivity index (χ0n) is 18.8. The predicted octanol–water partition coefficient (Wildman–Crippen LogP) is 2.96. The topological polar surface area (TPSA) is 145 Å². The molecule has 0 fully saturated rings. The minimum Gasteiger partial charge on any atom is -0.481 e. The van der Waals surface area contributed by atoms with Crippen molar-refractivity contribution in [2.24, 2.45) is 5.92 Å². The van der Waals surface area contributed by atoms with Crippen molar-refractivity contribution in [1.29, 1.82) is 0 Å². The van der Waals surface area contributed by atoms with Gasteiger partial charge >= 0.3 is 24.1 Å². The minimum absolute atomic E-state index is 0.0405. The van der Waals surface area contributed by atoms with E-state index in [1.54, 1.807) is 48.5 Å². The zero-order valence-corrected chi connectivity index (χ0v) is 18.8. The summed E-state index contributed by atoms with van der Waals surface area (Å²) in [6.45, 7) is 11.4. The Bertz CT molecular complexity index is 781. The van der Waals surface area contributed by atoms with E-state index < -0.39 is 41.2 Å². The molecule has 0 aliphatic heterocycles. The summed E-state index contributed by atoms with van der Waals surface area (Å²) in [5.41, 5.74) is -1.50. The molecule has 1 rings (SSSR count). The number of amides is 2. The van der Waals surface area contributed by atoms with Crippen LogP contribution in [0.3, 0.4) is 0 Å². The SMILES string of the molecule is CCOC(=O)C(Cc1cnc(N(C(=O)OC(C)(C)C)C(=O)OC(C)(C)C)nc1)C(=O)O. The zero-order chi connectivity index (χ0) is 24.0. The molecule has 1 unspecified atom stereocenters. The van der Waals surface area contributed by atoms with Crippen LogP contribution in [0.25, 0.3) is 0 Å². The summed E-state index contributed by atoms with van der Waals surface area (Å²) < 4.78 is 15.2. The summed E-state index contributed by atoms with van der Waals surface area (Å²) in [6, 6.07) is 0. The minimum atomic E-state index is -1.44. The second-order valence-corrected chi connectivity index (χ2v) is 8.53. The Morgan fingerprint density at radius 3 is 1.77 bits per heavy atom. The maximum absolute atomic E-state index is 12.6. The Labute approximate surface area is 180 Å². The van der Waals surface area contributed by atoms with Gasteiger partial charge in [0, 0.05) is 12.4 Å². The molecule has 1 heterocycles. The average Bonchev–Trinajstić information content (AvgIpc) is 2.57. The van der Waals surface area contributed by atoms with Crippen molar-refractivity contribution in [3.8, 4) is 0 Å². The fraction of sp³-hybridized carbons (Fsp3) is 0.600. The maximum Gasteiger partial charge on any atom is 0.427 e. The third-order valence-electron chi connectivity index (χ3n) is 3.35. The Balaban J connectivity index is 3.17. The molecule has 0 bridgehead atoms. The highest BCUT2D eigenvalue weighted by atomic mass is 16.6. The highest BCUT2D eigenvalue weighted by Gasteiger charge is 2.35. The molecule has 1 aromatic rings. The lowest BCUT2D eigenvalue weighted by atomic mass is 10.0. The van der Waals surface area contributed by atoms with Gasteiger partial charge in [-0.3, -0.25) is 9.59 Å². The normalized spacial score (nSPS) is 12.5. The largest absolute Gasteiger partial charge is 0.481 e. The maximum atomic E-state index is 12.6. The molecule has 0 saturated carbocycles. The average molecular weight is 439 g/mol. The van der Waals surface area contributed by atoms with Gasteiger partial charge in [0.05, 0.1) is 6.61 Å². The van der Waals surface area contributed by atoms with Crippen molar-refractivity contribution >= 4 is 30.1 Å². The van der Waals surface area contributed by atoms with Crippen molar-refractivity contribution in [1.82, 2.24) is 9.97 Å². The van der Waals surface area contributed by atoms with Gasteiger partial charge in [-0.05, 0) is 60.5 Å². The van der Waals surface area contributed by atoms with E-state index in [4.69, 9.17) is 14.2 Å². The second kappa shape index (κ2) is 10.2. The van der Waals surface area contributed by atoms with Crippen LogP contribution in [0.4, 0.5) is 15.5 Å². The van der Waals surface area contributed by atoms with Gasteiger partial charge < -0.3 is 19.3 Å². The number of carbonyl (C=O) groups excluding carboxylic acids is 3. The lowest BCUT2D eigenvalue weighted by molar-refractivity contribution is -0.158. The summed E-state index contributed by atoms with van der Waals surface area (Å²) in [5, 5.41) is 9.26. The van der Waals surface area contributed by atoms with E-state index in [1.807, 2.05) is 0 Å². The van der Waals surface area contributed by atoms with Gasteiger partial charge in [0.25, 0.3) is 0 Å². The Morgan fingerprint density at radius 2 is 1.42 bits per heavy atom. The summed E-state index contributed by atoms with van der Waals surface area (Å²) in [6.07, 6.45) is 0.111. The van der Waals surface area contributed by atoms with Gasteiger partial charge in [0.15, 0.2) is 5.92 Å². The van der Waals surface area contributed by atoms with E-state index in [2.05, 4.69) is 9.97 Å². The van der Waals surface area contributed by atoms with Gasteiger partial charge in [-0.1, -0.05) is 0 Å². The molecule has 1 aromatic heterocycles. The van der Waals surface area contributed by atoms with Gasteiger partial charge in [-0.15, -0.1) is 4.90 Å². The van der Waals surface area contributed by atoms with Gasteiger partial charge in [-0.2, -0.15) is 0 Å². The first kappa shape index (κ1) is 25.8. The molecule has 0 aliphatic rings. The Morgan fingerprint density at radius 1 is 0.968 bits per heavy atom. The number of carbonyl (C=O) groups is 4. The molecule has 2 amide bonds. The first-order valence-corrected chi connectivity index (χ1v) is 9.61. The number of hydrogen-bond donors (Lipinski definition) is 1. The Kier molecular flexibility index (Phi) is 8.47. The molecule has 11 heteroatoms. The van der Waals surface area contributed by atoms with Crippen LogP contribution in [0.1, 0.15) is 54.0 Å². The van der Waals surface area contributed by atoms with Crippen LogP contribution in [0.5, 0.6) is 0 Å². The van der Waals surface area contributed by atoms with E-state index in [-0.39, 0.29) is 24.5 Å². The van der Waals surface area contributed by atoms with E-state index in [1.165, 1.54) is 12.4 Å². The van der Waals surface area contributed by atoms with E-state index in [0.29, 0.717) is 4.90 Å². The molecule has 0 spiro atoms. The van der Waals surface area contributed by atoms with Crippen LogP contribution in [0, 0.1) is 5.92 Å². The smallest absolute Gasteiger partial charge is 0.427 e. The number of esters is 1. The lowest BCUT2D eigenvalue weighted by Crippen LogP contribution is -2.44. The number of rotatable bonds is 6. The molecule has 1 atom stereocenters. The number of anilines is 1. The number of hydrogen-bond acceptors (Lipinski definition) is 9. The summed E-state index contributed by atoms with van der Waals surface area (Å²) in [4.78, 5) is 56.8. The molecule has 0 radical (unpaired) electrons. The van der Waals surface area contributed by atoms with Gasteiger partial charge in [0.1, 0.15) is 11.2 Å². The molecule has 0 saturated heterocycles. The van der Waals surface area contributed by atoms with Crippen molar-refractivity contribution in [3.05, 3.63) is 18.0 Å². The monoisotopic (exact) mass is 439 g/mol. The fourth-order valence-corrected chi connectivity index (χ4v) is 2.17. The summed E-state index contributed by atoms with van der Waals surface area (Å²) in [7, 11) is 0. The van der Waals surface area contributed by atoms with Crippen molar-refractivity contribution in [2.45, 2.75) is 66.1 Å². The number of ether oxygens (including phenoxy) is 3. The van der Waals surface area contributed by atoms with Crippen LogP contribution >= 0.6 is 0 Å². The standard InChI is InChI=1S/C20H29N3O8/c1-8-29-15(26)13(14(24)25)9-12-10-21-16(22-11-12)23(17(27)30-19(2,3)4)18(28)31-20(5,6)7/h10-11,13H,8-9H2,1-7H3,(H,24,25). The summed E-state index contributed by atoms with van der Waals surface area (Å²) >= 11 is 0. The predicted molar refractivity (Wildman–Crippen MR) is 108 cm³/mol. The molecule has 0 aromatic carbocycles. The quantitative estimate of drug-likeness (QED) is 0.399. The fourth-order valence-electron chi connectivity index (χ4n) is 2.17. The highest BCUT2D eigenvalue weighted by molar-refractivity contribution is 6.08. The van der Waals surface area contributed by atoms with Gasteiger partial charge in [-0.25, -0.2) is 19.6 Å². The van der Waals surface area contributed by atoms with Crippen molar-refractivity contribution < 1.29 is 38.5 Å². The highest BCUT2D eigenvalue weighted by Crippen LogP contribution is 2.19. The Hall–Kier alpha value is -3.24. The van der Waals surface area contributed by atoms with Crippen LogP contribution < -0.4 is 4.90 Å². The van der Waals surface area contributed by atoms with E-state index >= 15 is 0 Å². The summed E-state index contributed by atoms with van der Waals surface area (Å²) in [5.74, 6) is -4.01. The van der Waals surface area contributed by atoms with E-state index in [0.717, 1.165) is 0 Å². The molecule has 0 aliphatic carbocycles. The number of nitrogens with zero attached hydrogens (tertiary/aromatic N) is 3. The molecular weight excluding hydrogens is 410 g/mol. The number of carboxylic acids is 1. The molecule has 31 heavy (non-hydrogen) atoms. The number of aromatic nitrogens is 2. The number of aliphatic carboxylic acids is 1. The lowest BCUT2D eigenvalue weighted by Gasteiger charge is -2.27. The van der Waals surface area contributed by atoms with E-state index in [9.17, 15) is 24.3 Å². The second-order valence-electron chi connectivity index (χ2n) is 8.53. The number of carboxylic acid groups (broad SMARTS) is 1. The van der Waals surface area contributed by atoms with Crippen molar-refractivity contribution in [2.75, 3.05) is 11.5 Å². The van der Waals surface area contributed by atoms with Gasteiger partial charge in [0.2, 0.25) is 5.95 Å². The molecule has 1 N–H and O–H groups in total. The molecule has 11 nitrogen and oxygen atoms in total. The molecule has 172 valence electrons. The number of imide groups is 1. The van der Waals surface area contributed by atoms with Crippen LogP contribution in [0.2, 0.25) is 0 Å². The third kappa shape index (κ3) is 8.57. The van der Waals surface area contributed by atoms with Crippen molar-refractivity contribution in [3.63, 3.8) is 0 Å². The first-order valence-electron chi connectivity index (χ1n) is 9.61. The molecular formula is C20H29N3O8. The first-order chi connectivity index (χ1) is 14.1. The van der Waals surface area contributed by atoms with Crippen LogP contribution in [-0.2, 0) is 30.2 Å². The van der Waals surface area contributed by atoms with Crippen LogP contribution in [-0.4, -0.2) is 57.0 Å². The third-order valence-corrected chi connectivity index (χ3v) is 3.35.